The lowest BCUT2D eigenvalue weighted by Crippen LogP contribution is -2.27. The fourth-order valence-corrected chi connectivity index (χ4v) is 2.01. The minimum atomic E-state index is 0.273. The van der Waals surface area contributed by atoms with E-state index in [9.17, 15) is 5.11 Å². The summed E-state index contributed by atoms with van der Waals surface area (Å²) in [5, 5.41) is 9.21. The highest BCUT2D eigenvalue weighted by Gasteiger charge is 2.08. The van der Waals surface area contributed by atoms with Gasteiger partial charge in [0.1, 0.15) is 0 Å². The molecule has 1 aromatic rings. The largest absolute Gasteiger partial charge is 0.396 e. The van der Waals surface area contributed by atoms with Crippen LogP contribution in [-0.4, -0.2) is 25.3 Å². The maximum absolute atomic E-state index is 9.21. The summed E-state index contributed by atoms with van der Waals surface area (Å²) in [6, 6.07) is 8.76. The van der Waals surface area contributed by atoms with Crippen molar-refractivity contribution in [2.75, 3.05) is 25.1 Å². The van der Waals surface area contributed by atoms with Gasteiger partial charge in [-0.15, -0.1) is 0 Å². The second-order valence-corrected chi connectivity index (χ2v) is 4.75. The molecule has 0 amide bonds. The minimum absolute atomic E-state index is 0.273. The fraction of sp³-hybridized carbons (Fsp3) is 0.600. The standard InChI is InChI=1S/C15H25NO/c1-4-6-14-7-9-15(10-8-14)16(3)11-13(5-2)12-17/h7-10,13,17H,4-6,11-12H2,1-3H3. The quantitative estimate of drug-likeness (QED) is 0.785. The van der Waals surface area contributed by atoms with Gasteiger partial charge in [-0.3, -0.25) is 0 Å². The molecule has 1 atom stereocenters. The van der Waals surface area contributed by atoms with Crippen LogP contribution in [0.15, 0.2) is 24.3 Å². The fourth-order valence-electron chi connectivity index (χ4n) is 2.01. The molecule has 0 saturated carbocycles. The summed E-state index contributed by atoms with van der Waals surface area (Å²) in [6.45, 7) is 5.51. The molecular formula is C15H25NO. The Morgan fingerprint density at radius 2 is 1.82 bits per heavy atom. The molecule has 2 nitrogen and oxygen atoms in total. The van der Waals surface area contributed by atoms with Gasteiger partial charge in [-0.2, -0.15) is 0 Å². The van der Waals surface area contributed by atoms with Gasteiger partial charge in [0, 0.05) is 25.9 Å². The third-order valence-corrected chi connectivity index (χ3v) is 3.28. The van der Waals surface area contributed by atoms with E-state index in [2.05, 4.69) is 50.1 Å². The average Bonchev–Trinajstić information content (AvgIpc) is 2.37. The van der Waals surface area contributed by atoms with Crippen molar-refractivity contribution >= 4 is 5.69 Å². The van der Waals surface area contributed by atoms with Gasteiger partial charge in [-0.05, 0) is 36.5 Å². The summed E-state index contributed by atoms with van der Waals surface area (Å²) in [7, 11) is 2.09. The van der Waals surface area contributed by atoms with E-state index in [4.69, 9.17) is 0 Å². The first kappa shape index (κ1) is 14.0. The highest BCUT2D eigenvalue weighted by atomic mass is 16.3. The first-order chi connectivity index (χ1) is 8.21. The molecule has 0 aromatic heterocycles. The molecule has 0 radical (unpaired) electrons. The molecule has 0 spiro atoms. The van der Waals surface area contributed by atoms with Crippen LogP contribution in [0, 0.1) is 5.92 Å². The predicted octanol–water partition coefficient (Wildman–Crippen LogP) is 3.09. The minimum Gasteiger partial charge on any atom is -0.396 e. The number of hydrogen-bond donors (Lipinski definition) is 1. The lowest BCUT2D eigenvalue weighted by Gasteiger charge is -2.24. The summed E-state index contributed by atoms with van der Waals surface area (Å²) < 4.78 is 0. The summed E-state index contributed by atoms with van der Waals surface area (Å²) in [5.74, 6) is 0.371. The van der Waals surface area contributed by atoms with E-state index in [1.165, 1.54) is 17.7 Å². The van der Waals surface area contributed by atoms with E-state index in [1.54, 1.807) is 0 Å². The van der Waals surface area contributed by atoms with E-state index in [0.717, 1.165) is 19.4 Å². The van der Waals surface area contributed by atoms with Gasteiger partial charge >= 0.3 is 0 Å². The first-order valence-corrected chi connectivity index (χ1v) is 6.62. The number of nitrogens with zero attached hydrogens (tertiary/aromatic N) is 1. The highest BCUT2D eigenvalue weighted by Crippen LogP contribution is 2.16. The van der Waals surface area contributed by atoms with Crippen molar-refractivity contribution in [2.45, 2.75) is 33.1 Å². The smallest absolute Gasteiger partial charge is 0.0476 e. The van der Waals surface area contributed by atoms with Crippen molar-refractivity contribution in [3.05, 3.63) is 29.8 Å². The zero-order chi connectivity index (χ0) is 12.7. The maximum Gasteiger partial charge on any atom is 0.0476 e. The van der Waals surface area contributed by atoms with Gasteiger partial charge in [0.25, 0.3) is 0 Å². The Balaban J connectivity index is 2.59. The van der Waals surface area contributed by atoms with Crippen molar-refractivity contribution in [2.24, 2.45) is 5.92 Å². The molecule has 0 heterocycles. The zero-order valence-electron chi connectivity index (χ0n) is 11.3. The average molecular weight is 235 g/mol. The maximum atomic E-state index is 9.21. The van der Waals surface area contributed by atoms with Crippen LogP contribution in [0.5, 0.6) is 0 Å². The molecule has 0 aliphatic carbocycles. The molecule has 1 N–H and O–H groups in total. The molecule has 1 unspecified atom stereocenters. The van der Waals surface area contributed by atoms with E-state index < -0.39 is 0 Å². The molecule has 2 heteroatoms. The van der Waals surface area contributed by atoms with Crippen LogP contribution in [0.3, 0.4) is 0 Å². The Labute approximate surface area is 105 Å². The van der Waals surface area contributed by atoms with Gasteiger partial charge in [0.2, 0.25) is 0 Å². The SMILES string of the molecule is CCCc1ccc(N(C)CC(CC)CO)cc1. The Bertz CT molecular complexity index is 303. The normalized spacial score (nSPS) is 12.5. The van der Waals surface area contributed by atoms with Crippen molar-refractivity contribution in [3.8, 4) is 0 Å². The molecule has 1 aromatic carbocycles. The van der Waals surface area contributed by atoms with E-state index in [0.29, 0.717) is 5.92 Å². The van der Waals surface area contributed by atoms with Crippen molar-refractivity contribution in [1.82, 2.24) is 0 Å². The molecule has 0 fully saturated rings. The highest BCUT2D eigenvalue weighted by molar-refractivity contribution is 5.46. The van der Waals surface area contributed by atoms with Crippen LogP contribution in [0.4, 0.5) is 5.69 Å². The number of aryl methyl sites for hydroxylation is 1. The summed E-state index contributed by atoms with van der Waals surface area (Å²) in [4.78, 5) is 2.22. The summed E-state index contributed by atoms with van der Waals surface area (Å²) in [5.41, 5.74) is 2.63. The number of rotatable bonds is 7. The topological polar surface area (TPSA) is 23.5 Å². The van der Waals surface area contributed by atoms with Gasteiger partial charge in [-0.25, -0.2) is 0 Å². The number of benzene rings is 1. The first-order valence-electron chi connectivity index (χ1n) is 6.62. The molecular weight excluding hydrogens is 210 g/mol. The third-order valence-electron chi connectivity index (χ3n) is 3.28. The number of aliphatic hydroxyl groups excluding tert-OH is 1. The zero-order valence-corrected chi connectivity index (χ0v) is 11.3. The Hall–Kier alpha value is -1.02. The van der Waals surface area contributed by atoms with Crippen molar-refractivity contribution < 1.29 is 5.11 Å². The molecule has 0 bridgehead atoms. The molecule has 0 aliphatic heterocycles. The molecule has 96 valence electrons. The molecule has 0 saturated heterocycles. The Kier molecular flexibility index (Phi) is 6.06. The van der Waals surface area contributed by atoms with Gasteiger partial charge in [0.05, 0.1) is 0 Å². The second-order valence-electron chi connectivity index (χ2n) is 4.75. The summed E-state index contributed by atoms with van der Waals surface area (Å²) >= 11 is 0. The van der Waals surface area contributed by atoms with Crippen LogP contribution in [-0.2, 0) is 6.42 Å². The lowest BCUT2D eigenvalue weighted by molar-refractivity contribution is 0.225. The van der Waals surface area contributed by atoms with Crippen LogP contribution >= 0.6 is 0 Å². The monoisotopic (exact) mass is 235 g/mol. The third kappa shape index (κ3) is 4.39. The summed E-state index contributed by atoms with van der Waals surface area (Å²) in [6.07, 6.45) is 3.37. The number of anilines is 1. The van der Waals surface area contributed by atoms with Crippen LogP contribution in [0.2, 0.25) is 0 Å². The van der Waals surface area contributed by atoms with Crippen LogP contribution in [0.25, 0.3) is 0 Å². The lowest BCUT2D eigenvalue weighted by atomic mass is 10.1. The molecule has 17 heavy (non-hydrogen) atoms. The molecule has 1 rings (SSSR count). The number of aliphatic hydroxyl groups is 1. The van der Waals surface area contributed by atoms with Crippen LogP contribution in [0.1, 0.15) is 32.3 Å². The van der Waals surface area contributed by atoms with Crippen molar-refractivity contribution in [3.63, 3.8) is 0 Å². The van der Waals surface area contributed by atoms with E-state index >= 15 is 0 Å². The second kappa shape index (κ2) is 7.33. The van der Waals surface area contributed by atoms with Gasteiger partial charge in [0.15, 0.2) is 0 Å². The van der Waals surface area contributed by atoms with Gasteiger partial charge in [-0.1, -0.05) is 32.4 Å². The Morgan fingerprint density at radius 1 is 1.18 bits per heavy atom. The van der Waals surface area contributed by atoms with E-state index in [-0.39, 0.29) is 6.61 Å². The van der Waals surface area contributed by atoms with E-state index in [1.807, 2.05) is 0 Å². The Morgan fingerprint density at radius 3 is 2.29 bits per heavy atom. The predicted molar refractivity (Wildman–Crippen MR) is 74.6 cm³/mol. The number of hydrogen-bond acceptors (Lipinski definition) is 2. The van der Waals surface area contributed by atoms with Crippen LogP contribution < -0.4 is 4.90 Å². The molecule has 0 aliphatic rings. The van der Waals surface area contributed by atoms with Crippen molar-refractivity contribution in [1.29, 1.82) is 0 Å². The van der Waals surface area contributed by atoms with Gasteiger partial charge < -0.3 is 10.0 Å².